The first-order chi connectivity index (χ1) is 6.63. The Hall–Kier alpha value is -1.08. The van der Waals surface area contributed by atoms with Gasteiger partial charge in [-0.3, -0.25) is 0 Å². The van der Waals surface area contributed by atoms with Gasteiger partial charge >= 0.3 is 0 Å². The molecule has 0 amide bonds. The van der Waals surface area contributed by atoms with Crippen LogP contribution in [-0.4, -0.2) is 5.75 Å². The molecular formula is C10H9F2NS. The fourth-order valence-electron chi connectivity index (χ4n) is 0.840. The lowest BCUT2D eigenvalue weighted by Gasteiger charge is -2.03. The summed E-state index contributed by atoms with van der Waals surface area (Å²) in [5.41, 5.74) is 0. The Morgan fingerprint density at radius 2 is 2.21 bits per heavy atom. The fraction of sp³-hybridized carbons (Fsp3) is 0.300. The SMILES string of the molecule is CC(C#N)CSc1cc(F)ccc1F. The molecule has 0 heterocycles. The Kier molecular flexibility index (Phi) is 3.90. The van der Waals surface area contributed by atoms with Gasteiger partial charge < -0.3 is 0 Å². The van der Waals surface area contributed by atoms with Gasteiger partial charge in [0.2, 0.25) is 0 Å². The molecule has 0 aromatic heterocycles. The summed E-state index contributed by atoms with van der Waals surface area (Å²) in [4.78, 5) is 0.257. The number of benzene rings is 1. The van der Waals surface area contributed by atoms with Crippen molar-refractivity contribution in [3.8, 4) is 6.07 Å². The normalized spacial score (nSPS) is 12.1. The van der Waals surface area contributed by atoms with Gasteiger partial charge in [-0.2, -0.15) is 5.26 Å². The highest BCUT2D eigenvalue weighted by Crippen LogP contribution is 2.24. The molecule has 1 rings (SSSR count). The topological polar surface area (TPSA) is 23.8 Å². The largest absolute Gasteiger partial charge is 0.207 e. The van der Waals surface area contributed by atoms with Crippen molar-refractivity contribution in [2.75, 3.05) is 5.75 Å². The van der Waals surface area contributed by atoms with E-state index in [0.29, 0.717) is 5.75 Å². The number of rotatable bonds is 3. The van der Waals surface area contributed by atoms with Gasteiger partial charge in [-0.1, -0.05) is 0 Å². The second kappa shape index (κ2) is 4.97. The van der Waals surface area contributed by atoms with Crippen LogP contribution in [0.1, 0.15) is 6.92 Å². The van der Waals surface area contributed by atoms with Gasteiger partial charge in [-0.25, -0.2) is 8.78 Å². The minimum Gasteiger partial charge on any atom is -0.207 e. The van der Waals surface area contributed by atoms with Crippen molar-refractivity contribution in [2.24, 2.45) is 5.92 Å². The Balaban J connectivity index is 2.67. The Labute approximate surface area is 85.7 Å². The standard InChI is InChI=1S/C10H9F2NS/c1-7(5-13)6-14-10-4-8(11)2-3-9(10)12/h2-4,7H,6H2,1H3. The fourth-order valence-corrected chi connectivity index (χ4v) is 1.75. The van der Waals surface area contributed by atoms with E-state index in [1.165, 1.54) is 0 Å². The number of hydrogen-bond donors (Lipinski definition) is 0. The van der Waals surface area contributed by atoms with Crippen molar-refractivity contribution in [1.82, 2.24) is 0 Å². The minimum atomic E-state index is -0.460. The number of hydrogen-bond acceptors (Lipinski definition) is 2. The van der Waals surface area contributed by atoms with Gasteiger partial charge in [-0.05, 0) is 25.1 Å². The molecule has 1 aromatic carbocycles. The van der Waals surface area contributed by atoms with Crippen molar-refractivity contribution in [3.63, 3.8) is 0 Å². The van der Waals surface area contributed by atoms with Gasteiger partial charge in [0.25, 0.3) is 0 Å². The summed E-state index contributed by atoms with van der Waals surface area (Å²) in [5.74, 6) is -0.598. The van der Waals surface area contributed by atoms with Crippen LogP contribution in [0.5, 0.6) is 0 Å². The minimum absolute atomic E-state index is 0.164. The van der Waals surface area contributed by atoms with E-state index in [2.05, 4.69) is 0 Å². The molecule has 0 aliphatic rings. The molecule has 1 nitrogen and oxygen atoms in total. The molecule has 0 radical (unpaired) electrons. The quantitative estimate of drug-likeness (QED) is 0.720. The van der Waals surface area contributed by atoms with E-state index in [-0.39, 0.29) is 10.8 Å². The molecule has 1 atom stereocenters. The highest BCUT2D eigenvalue weighted by Gasteiger charge is 2.06. The van der Waals surface area contributed by atoms with E-state index < -0.39 is 11.6 Å². The second-order valence-electron chi connectivity index (χ2n) is 2.92. The average molecular weight is 213 g/mol. The van der Waals surface area contributed by atoms with Crippen LogP contribution in [0.25, 0.3) is 0 Å². The summed E-state index contributed by atoms with van der Waals surface area (Å²) in [6, 6.07) is 5.34. The Morgan fingerprint density at radius 3 is 2.86 bits per heavy atom. The molecule has 0 N–H and O–H groups in total. The first-order valence-corrected chi connectivity index (χ1v) is 5.09. The lowest BCUT2D eigenvalue weighted by Crippen LogP contribution is -1.94. The third kappa shape index (κ3) is 3.00. The van der Waals surface area contributed by atoms with E-state index >= 15 is 0 Å². The zero-order chi connectivity index (χ0) is 10.6. The molecule has 74 valence electrons. The highest BCUT2D eigenvalue weighted by atomic mass is 32.2. The van der Waals surface area contributed by atoms with E-state index in [1.807, 2.05) is 6.07 Å². The zero-order valence-electron chi connectivity index (χ0n) is 7.63. The van der Waals surface area contributed by atoms with Crippen LogP contribution in [0.15, 0.2) is 23.1 Å². The summed E-state index contributed by atoms with van der Waals surface area (Å²) in [7, 11) is 0. The Morgan fingerprint density at radius 1 is 1.50 bits per heavy atom. The predicted octanol–water partition coefficient (Wildman–Crippen LogP) is 3.22. The molecule has 0 saturated heterocycles. The highest BCUT2D eigenvalue weighted by molar-refractivity contribution is 7.99. The molecule has 0 fully saturated rings. The number of thioether (sulfide) groups is 1. The lowest BCUT2D eigenvalue weighted by atomic mass is 10.3. The summed E-state index contributed by atoms with van der Waals surface area (Å²) in [5, 5.41) is 8.51. The predicted molar refractivity (Wildman–Crippen MR) is 51.9 cm³/mol. The molecule has 1 unspecified atom stereocenters. The summed E-state index contributed by atoms with van der Waals surface area (Å²) < 4.78 is 25.8. The maximum atomic E-state index is 13.1. The second-order valence-corrected chi connectivity index (χ2v) is 3.98. The van der Waals surface area contributed by atoms with E-state index in [1.54, 1.807) is 6.92 Å². The van der Waals surface area contributed by atoms with Crippen LogP contribution in [0.4, 0.5) is 8.78 Å². The molecule has 0 saturated carbocycles. The molecule has 0 spiro atoms. The van der Waals surface area contributed by atoms with Crippen LogP contribution < -0.4 is 0 Å². The van der Waals surface area contributed by atoms with Gasteiger partial charge in [0.05, 0.1) is 12.0 Å². The average Bonchev–Trinajstić information content (AvgIpc) is 2.19. The van der Waals surface area contributed by atoms with Gasteiger partial charge in [-0.15, -0.1) is 11.8 Å². The maximum absolute atomic E-state index is 13.1. The molecule has 1 aromatic rings. The molecule has 0 bridgehead atoms. The van der Waals surface area contributed by atoms with Crippen LogP contribution in [-0.2, 0) is 0 Å². The Bertz CT molecular complexity index is 360. The number of nitrogens with zero attached hydrogens (tertiary/aromatic N) is 1. The maximum Gasteiger partial charge on any atom is 0.136 e. The third-order valence-electron chi connectivity index (χ3n) is 1.60. The van der Waals surface area contributed by atoms with E-state index in [0.717, 1.165) is 30.0 Å². The van der Waals surface area contributed by atoms with Crippen molar-refractivity contribution in [1.29, 1.82) is 5.26 Å². The van der Waals surface area contributed by atoms with Crippen LogP contribution in [0, 0.1) is 28.9 Å². The van der Waals surface area contributed by atoms with Crippen molar-refractivity contribution >= 4 is 11.8 Å². The lowest BCUT2D eigenvalue weighted by molar-refractivity contribution is 0.577. The first kappa shape index (κ1) is 11.0. The third-order valence-corrected chi connectivity index (χ3v) is 2.89. The number of nitriles is 1. The molecule has 14 heavy (non-hydrogen) atoms. The summed E-state index contributed by atoms with van der Waals surface area (Å²) in [6.07, 6.45) is 0. The first-order valence-electron chi connectivity index (χ1n) is 4.11. The van der Waals surface area contributed by atoms with Crippen molar-refractivity contribution < 1.29 is 8.78 Å². The van der Waals surface area contributed by atoms with E-state index in [9.17, 15) is 8.78 Å². The van der Waals surface area contributed by atoms with E-state index in [4.69, 9.17) is 5.26 Å². The molecule has 0 aliphatic heterocycles. The molecule has 4 heteroatoms. The summed E-state index contributed by atoms with van der Waals surface area (Å²) >= 11 is 1.16. The summed E-state index contributed by atoms with van der Waals surface area (Å²) in [6.45, 7) is 1.74. The smallest absolute Gasteiger partial charge is 0.136 e. The molecular weight excluding hydrogens is 204 g/mol. The zero-order valence-corrected chi connectivity index (χ0v) is 8.44. The van der Waals surface area contributed by atoms with Gasteiger partial charge in [0, 0.05) is 10.6 Å². The van der Waals surface area contributed by atoms with Gasteiger partial charge in [0.15, 0.2) is 0 Å². The number of halogens is 2. The van der Waals surface area contributed by atoms with Crippen molar-refractivity contribution in [3.05, 3.63) is 29.8 Å². The van der Waals surface area contributed by atoms with Gasteiger partial charge in [0.1, 0.15) is 11.6 Å². The molecule has 0 aliphatic carbocycles. The van der Waals surface area contributed by atoms with Crippen molar-refractivity contribution in [2.45, 2.75) is 11.8 Å². The van der Waals surface area contributed by atoms with Crippen LogP contribution in [0.3, 0.4) is 0 Å². The van der Waals surface area contributed by atoms with Crippen LogP contribution >= 0.6 is 11.8 Å². The van der Waals surface area contributed by atoms with Crippen LogP contribution in [0.2, 0.25) is 0 Å². The monoisotopic (exact) mass is 213 g/mol.